The Morgan fingerprint density at radius 2 is 1.94 bits per heavy atom. The highest BCUT2D eigenvalue weighted by molar-refractivity contribution is 5.55. The van der Waals surface area contributed by atoms with Gasteiger partial charge in [0, 0.05) is 5.69 Å². The van der Waals surface area contributed by atoms with Gasteiger partial charge in [0.1, 0.15) is 5.75 Å². The summed E-state index contributed by atoms with van der Waals surface area (Å²) in [5, 5.41) is 12.1. The average molecular weight is 216 g/mol. The lowest BCUT2D eigenvalue weighted by Crippen LogP contribution is -2.01. The Morgan fingerprint density at radius 1 is 1.25 bits per heavy atom. The number of aryl methyl sites for hydroxylation is 1. The number of hydrogen-bond acceptors (Lipinski definition) is 5. The highest BCUT2D eigenvalue weighted by atomic mass is 16.3. The van der Waals surface area contributed by atoms with Gasteiger partial charge < -0.3 is 16.2 Å². The molecule has 0 atom stereocenters. The largest absolute Gasteiger partial charge is 0.508 e. The van der Waals surface area contributed by atoms with Gasteiger partial charge in [0.15, 0.2) is 0 Å². The SMILES string of the molecule is Cc1nc(Nc2ccc(O)cc2)ncc1N. The summed E-state index contributed by atoms with van der Waals surface area (Å²) >= 11 is 0. The lowest BCUT2D eigenvalue weighted by molar-refractivity contribution is 0.475. The van der Waals surface area contributed by atoms with Crippen LogP contribution in [0.25, 0.3) is 0 Å². The third-order valence-corrected chi connectivity index (χ3v) is 2.14. The zero-order valence-corrected chi connectivity index (χ0v) is 8.81. The minimum atomic E-state index is 0.222. The normalized spacial score (nSPS) is 10.1. The predicted molar refractivity (Wildman–Crippen MR) is 62.6 cm³/mol. The Bertz CT molecular complexity index is 496. The fourth-order valence-corrected chi connectivity index (χ4v) is 1.21. The van der Waals surface area contributed by atoms with Crippen LogP contribution in [0.2, 0.25) is 0 Å². The molecule has 1 aromatic carbocycles. The van der Waals surface area contributed by atoms with E-state index in [0.717, 1.165) is 11.4 Å². The summed E-state index contributed by atoms with van der Waals surface area (Å²) in [7, 11) is 0. The molecular formula is C11H12N4O. The summed E-state index contributed by atoms with van der Waals surface area (Å²) in [6, 6.07) is 6.66. The molecule has 0 spiro atoms. The van der Waals surface area contributed by atoms with Crippen molar-refractivity contribution in [2.45, 2.75) is 6.92 Å². The molecule has 0 amide bonds. The van der Waals surface area contributed by atoms with Gasteiger partial charge in [0.2, 0.25) is 5.95 Å². The van der Waals surface area contributed by atoms with E-state index < -0.39 is 0 Å². The van der Waals surface area contributed by atoms with E-state index >= 15 is 0 Å². The molecule has 0 radical (unpaired) electrons. The summed E-state index contributed by atoms with van der Waals surface area (Å²) in [5.41, 5.74) is 7.72. The summed E-state index contributed by atoms with van der Waals surface area (Å²) in [6.45, 7) is 1.82. The Morgan fingerprint density at radius 3 is 2.56 bits per heavy atom. The van der Waals surface area contributed by atoms with Crippen LogP contribution in [0.15, 0.2) is 30.5 Å². The standard InChI is InChI=1S/C11H12N4O/c1-7-10(12)6-13-11(14-7)15-8-2-4-9(16)5-3-8/h2-6,16H,12H2,1H3,(H,13,14,15). The first kappa shape index (κ1) is 10.2. The smallest absolute Gasteiger partial charge is 0.227 e. The summed E-state index contributed by atoms with van der Waals surface area (Å²) in [6.07, 6.45) is 1.56. The van der Waals surface area contributed by atoms with Crippen LogP contribution in [-0.4, -0.2) is 15.1 Å². The number of nitrogen functional groups attached to an aromatic ring is 1. The molecule has 0 unspecified atom stereocenters. The van der Waals surface area contributed by atoms with Crippen molar-refractivity contribution in [2.75, 3.05) is 11.1 Å². The number of nitrogens with one attached hydrogen (secondary N) is 1. The molecule has 2 rings (SSSR count). The first-order valence-corrected chi connectivity index (χ1v) is 4.80. The quantitative estimate of drug-likeness (QED) is 0.667. The number of rotatable bonds is 2. The number of aromatic hydroxyl groups is 1. The Balaban J connectivity index is 2.20. The third kappa shape index (κ3) is 2.20. The minimum Gasteiger partial charge on any atom is -0.508 e. The second-order valence-electron chi connectivity index (χ2n) is 3.41. The second-order valence-corrected chi connectivity index (χ2v) is 3.41. The zero-order chi connectivity index (χ0) is 11.5. The number of benzene rings is 1. The number of nitrogens with two attached hydrogens (primary N) is 1. The van der Waals surface area contributed by atoms with E-state index in [2.05, 4.69) is 15.3 Å². The van der Waals surface area contributed by atoms with E-state index in [-0.39, 0.29) is 5.75 Å². The molecule has 0 aliphatic rings. The Labute approximate surface area is 93.0 Å². The Hall–Kier alpha value is -2.30. The van der Waals surface area contributed by atoms with Crippen LogP contribution >= 0.6 is 0 Å². The maximum atomic E-state index is 9.13. The lowest BCUT2D eigenvalue weighted by atomic mass is 10.3. The molecule has 0 fully saturated rings. The van der Waals surface area contributed by atoms with Crippen molar-refractivity contribution in [3.05, 3.63) is 36.2 Å². The van der Waals surface area contributed by atoms with E-state index in [1.807, 2.05) is 6.92 Å². The number of anilines is 3. The molecule has 0 aliphatic carbocycles. The van der Waals surface area contributed by atoms with Gasteiger partial charge in [-0.25, -0.2) is 9.97 Å². The topological polar surface area (TPSA) is 84.1 Å². The molecule has 4 N–H and O–H groups in total. The van der Waals surface area contributed by atoms with Gasteiger partial charge in [-0.2, -0.15) is 0 Å². The molecule has 5 nitrogen and oxygen atoms in total. The fourth-order valence-electron chi connectivity index (χ4n) is 1.21. The van der Waals surface area contributed by atoms with Crippen molar-refractivity contribution in [3.8, 4) is 5.75 Å². The van der Waals surface area contributed by atoms with Gasteiger partial charge in [-0.05, 0) is 31.2 Å². The molecule has 0 aliphatic heterocycles. The van der Waals surface area contributed by atoms with E-state index in [1.54, 1.807) is 30.5 Å². The second kappa shape index (κ2) is 4.06. The molecule has 1 heterocycles. The van der Waals surface area contributed by atoms with E-state index in [4.69, 9.17) is 10.8 Å². The molecular weight excluding hydrogens is 204 g/mol. The van der Waals surface area contributed by atoms with Crippen molar-refractivity contribution >= 4 is 17.3 Å². The Kier molecular flexibility index (Phi) is 2.59. The third-order valence-electron chi connectivity index (χ3n) is 2.14. The molecule has 0 saturated carbocycles. The van der Waals surface area contributed by atoms with Gasteiger partial charge in [0.25, 0.3) is 0 Å². The molecule has 16 heavy (non-hydrogen) atoms. The fraction of sp³-hybridized carbons (Fsp3) is 0.0909. The first-order valence-electron chi connectivity index (χ1n) is 4.80. The van der Waals surface area contributed by atoms with Crippen LogP contribution in [0.5, 0.6) is 5.75 Å². The van der Waals surface area contributed by atoms with Crippen molar-refractivity contribution in [1.29, 1.82) is 0 Å². The average Bonchev–Trinajstić information content (AvgIpc) is 2.27. The molecule has 5 heteroatoms. The van der Waals surface area contributed by atoms with Crippen molar-refractivity contribution < 1.29 is 5.11 Å². The number of phenols is 1. The number of hydrogen-bond donors (Lipinski definition) is 3. The molecule has 0 saturated heterocycles. The van der Waals surface area contributed by atoms with Gasteiger partial charge in [-0.15, -0.1) is 0 Å². The van der Waals surface area contributed by atoms with E-state index in [1.165, 1.54) is 0 Å². The maximum Gasteiger partial charge on any atom is 0.227 e. The van der Waals surface area contributed by atoms with Crippen molar-refractivity contribution in [2.24, 2.45) is 0 Å². The van der Waals surface area contributed by atoms with E-state index in [9.17, 15) is 0 Å². The van der Waals surface area contributed by atoms with Gasteiger partial charge in [-0.1, -0.05) is 0 Å². The summed E-state index contributed by atoms with van der Waals surface area (Å²) in [5.74, 6) is 0.706. The first-order chi connectivity index (χ1) is 7.65. The predicted octanol–water partition coefficient (Wildman–Crippen LogP) is 1.82. The van der Waals surface area contributed by atoms with Gasteiger partial charge in [0.05, 0.1) is 17.6 Å². The highest BCUT2D eigenvalue weighted by Gasteiger charge is 2.00. The van der Waals surface area contributed by atoms with Crippen molar-refractivity contribution in [3.63, 3.8) is 0 Å². The van der Waals surface area contributed by atoms with Crippen LogP contribution in [0.4, 0.5) is 17.3 Å². The van der Waals surface area contributed by atoms with Crippen LogP contribution in [-0.2, 0) is 0 Å². The van der Waals surface area contributed by atoms with Crippen LogP contribution in [0, 0.1) is 6.92 Å². The lowest BCUT2D eigenvalue weighted by Gasteiger charge is -2.06. The van der Waals surface area contributed by atoms with Crippen molar-refractivity contribution in [1.82, 2.24) is 9.97 Å². The molecule has 82 valence electrons. The summed E-state index contributed by atoms with van der Waals surface area (Å²) < 4.78 is 0. The van der Waals surface area contributed by atoms with Crippen LogP contribution < -0.4 is 11.1 Å². The number of nitrogens with zero attached hydrogens (tertiary/aromatic N) is 2. The summed E-state index contributed by atoms with van der Waals surface area (Å²) in [4.78, 5) is 8.23. The van der Waals surface area contributed by atoms with Crippen LogP contribution in [0.1, 0.15) is 5.69 Å². The molecule has 0 bridgehead atoms. The molecule has 2 aromatic rings. The van der Waals surface area contributed by atoms with Gasteiger partial charge >= 0.3 is 0 Å². The monoisotopic (exact) mass is 216 g/mol. The number of phenolic OH excluding ortho intramolecular Hbond substituents is 1. The zero-order valence-electron chi connectivity index (χ0n) is 8.81. The minimum absolute atomic E-state index is 0.222. The van der Waals surface area contributed by atoms with E-state index in [0.29, 0.717) is 11.6 Å². The maximum absolute atomic E-state index is 9.13. The van der Waals surface area contributed by atoms with Gasteiger partial charge in [-0.3, -0.25) is 0 Å². The van der Waals surface area contributed by atoms with Crippen LogP contribution in [0.3, 0.4) is 0 Å². The number of aromatic nitrogens is 2. The molecule has 1 aromatic heterocycles. The highest BCUT2D eigenvalue weighted by Crippen LogP contribution is 2.17.